The molecular formula is C21H24N4O2S. The molecule has 7 heteroatoms. The number of nitrogens with one attached hydrogen (secondary N) is 4. The summed E-state index contributed by atoms with van der Waals surface area (Å²) in [5.74, 6) is -0.493. The quantitative estimate of drug-likeness (QED) is 0.471. The van der Waals surface area contributed by atoms with Crippen molar-refractivity contribution in [2.75, 3.05) is 5.32 Å². The number of rotatable bonds is 4. The second-order valence-corrected chi connectivity index (χ2v) is 7.19. The van der Waals surface area contributed by atoms with E-state index in [2.05, 4.69) is 21.5 Å². The molecule has 1 aliphatic carbocycles. The number of thiocarbonyl (C=S) groups is 1. The van der Waals surface area contributed by atoms with Crippen LogP contribution in [0.3, 0.4) is 0 Å². The van der Waals surface area contributed by atoms with Crippen LogP contribution in [0, 0.1) is 0 Å². The summed E-state index contributed by atoms with van der Waals surface area (Å²) < 4.78 is 0. The highest BCUT2D eigenvalue weighted by Crippen LogP contribution is 2.17. The fraction of sp³-hybridized carbons (Fsp3) is 0.286. The standard InChI is InChI=1S/C21H24N4O2S/c26-19(15-7-3-1-4-8-15)22-18-13-11-16(12-14-18)20(27)24-25-21(28)23-17-9-5-2-6-10-17/h1,3-4,7-8,11-14,17H,2,5-6,9-10H2,(H,22,26)(H,24,27)(H2,23,25,28). The predicted octanol–water partition coefficient (Wildman–Crippen LogP) is 3.38. The van der Waals surface area contributed by atoms with Crippen molar-refractivity contribution in [3.05, 3.63) is 65.7 Å². The summed E-state index contributed by atoms with van der Waals surface area (Å²) in [6.07, 6.45) is 5.90. The van der Waals surface area contributed by atoms with Crippen molar-refractivity contribution in [1.82, 2.24) is 16.2 Å². The molecule has 2 aromatic rings. The number of carbonyl (C=O) groups excluding carboxylic acids is 2. The fourth-order valence-corrected chi connectivity index (χ4v) is 3.37. The largest absolute Gasteiger partial charge is 0.359 e. The molecule has 0 unspecified atom stereocenters. The normalized spacial score (nSPS) is 14.0. The number of hydrogen-bond donors (Lipinski definition) is 4. The Bertz CT molecular complexity index is 818. The number of carbonyl (C=O) groups is 2. The van der Waals surface area contributed by atoms with E-state index >= 15 is 0 Å². The van der Waals surface area contributed by atoms with Crippen molar-refractivity contribution in [3.8, 4) is 0 Å². The van der Waals surface area contributed by atoms with Gasteiger partial charge in [-0.25, -0.2) is 0 Å². The maximum absolute atomic E-state index is 12.2. The van der Waals surface area contributed by atoms with E-state index in [1.54, 1.807) is 36.4 Å². The Morgan fingerprint density at radius 1 is 0.786 bits per heavy atom. The highest BCUT2D eigenvalue weighted by Gasteiger charge is 2.14. The highest BCUT2D eigenvalue weighted by molar-refractivity contribution is 7.80. The smallest absolute Gasteiger partial charge is 0.269 e. The van der Waals surface area contributed by atoms with Crippen LogP contribution in [0.2, 0.25) is 0 Å². The zero-order chi connectivity index (χ0) is 19.8. The molecule has 0 saturated heterocycles. The van der Waals surface area contributed by atoms with E-state index in [1.165, 1.54) is 19.3 Å². The van der Waals surface area contributed by atoms with Crippen molar-refractivity contribution < 1.29 is 9.59 Å². The van der Waals surface area contributed by atoms with E-state index in [-0.39, 0.29) is 11.8 Å². The van der Waals surface area contributed by atoms with Crippen LogP contribution in [0.25, 0.3) is 0 Å². The van der Waals surface area contributed by atoms with Crippen molar-refractivity contribution in [2.45, 2.75) is 38.1 Å². The summed E-state index contributed by atoms with van der Waals surface area (Å²) in [4.78, 5) is 24.4. The zero-order valence-corrected chi connectivity index (χ0v) is 16.4. The lowest BCUT2D eigenvalue weighted by Gasteiger charge is -2.24. The molecular weight excluding hydrogens is 372 g/mol. The van der Waals surface area contributed by atoms with Gasteiger partial charge in [0.05, 0.1) is 0 Å². The lowest BCUT2D eigenvalue weighted by molar-refractivity contribution is 0.0943. The summed E-state index contributed by atoms with van der Waals surface area (Å²) in [6, 6.07) is 16.0. The van der Waals surface area contributed by atoms with Crippen molar-refractivity contribution in [1.29, 1.82) is 0 Å². The Hall–Kier alpha value is -2.93. The van der Waals surface area contributed by atoms with Gasteiger partial charge in [-0.1, -0.05) is 37.5 Å². The molecule has 0 aliphatic heterocycles. The molecule has 146 valence electrons. The first-order valence-electron chi connectivity index (χ1n) is 9.45. The van der Waals surface area contributed by atoms with Gasteiger partial charge in [-0.2, -0.15) is 0 Å². The topological polar surface area (TPSA) is 82.3 Å². The number of benzene rings is 2. The molecule has 2 aromatic carbocycles. The van der Waals surface area contributed by atoms with Gasteiger partial charge in [-0.05, 0) is 61.5 Å². The molecule has 1 saturated carbocycles. The van der Waals surface area contributed by atoms with Crippen LogP contribution >= 0.6 is 12.2 Å². The molecule has 0 radical (unpaired) electrons. The SMILES string of the molecule is O=C(NNC(=S)NC1CCCCC1)c1ccc(NC(=O)c2ccccc2)cc1. The first-order valence-corrected chi connectivity index (χ1v) is 9.86. The van der Waals surface area contributed by atoms with E-state index in [0.29, 0.717) is 28.0 Å². The molecule has 0 aromatic heterocycles. The Balaban J connectivity index is 1.46. The van der Waals surface area contributed by atoms with Crippen molar-refractivity contribution >= 4 is 34.8 Å². The molecule has 0 spiro atoms. The van der Waals surface area contributed by atoms with Gasteiger partial charge in [-0.3, -0.25) is 20.4 Å². The second-order valence-electron chi connectivity index (χ2n) is 6.79. The second kappa shape index (κ2) is 9.85. The van der Waals surface area contributed by atoms with Crippen LogP contribution in [0.4, 0.5) is 5.69 Å². The lowest BCUT2D eigenvalue weighted by atomic mass is 9.96. The van der Waals surface area contributed by atoms with Gasteiger partial charge in [-0.15, -0.1) is 0 Å². The van der Waals surface area contributed by atoms with Crippen LogP contribution in [0.15, 0.2) is 54.6 Å². The number of anilines is 1. The zero-order valence-electron chi connectivity index (χ0n) is 15.5. The number of hydrogen-bond acceptors (Lipinski definition) is 3. The molecule has 1 aliphatic rings. The molecule has 2 amide bonds. The van der Waals surface area contributed by atoms with Gasteiger partial charge in [0.15, 0.2) is 5.11 Å². The first-order chi connectivity index (χ1) is 13.6. The molecule has 4 N–H and O–H groups in total. The monoisotopic (exact) mass is 396 g/mol. The summed E-state index contributed by atoms with van der Waals surface area (Å²) in [7, 11) is 0. The predicted molar refractivity (Wildman–Crippen MR) is 114 cm³/mol. The lowest BCUT2D eigenvalue weighted by Crippen LogP contribution is -2.50. The van der Waals surface area contributed by atoms with E-state index < -0.39 is 0 Å². The van der Waals surface area contributed by atoms with E-state index in [4.69, 9.17) is 12.2 Å². The van der Waals surface area contributed by atoms with Crippen LogP contribution in [0.1, 0.15) is 52.8 Å². The van der Waals surface area contributed by atoms with Gasteiger partial charge < -0.3 is 10.6 Å². The molecule has 1 fully saturated rings. The van der Waals surface area contributed by atoms with Crippen molar-refractivity contribution in [3.63, 3.8) is 0 Å². The van der Waals surface area contributed by atoms with Crippen LogP contribution in [-0.2, 0) is 0 Å². The van der Waals surface area contributed by atoms with Gasteiger partial charge in [0.1, 0.15) is 0 Å². The average molecular weight is 397 g/mol. The Morgan fingerprint density at radius 2 is 1.43 bits per heavy atom. The molecule has 3 rings (SSSR count). The van der Waals surface area contributed by atoms with Crippen LogP contribution in [0.5, 0.6) is 0 Å². The van der Waals surface area contributed by atoms with Gasteiger partial charge >= 0.3 is 0 Å². The third kappa shape index (κ3) is 5.79. The van der Waals surface area contributed by atoms with Crippen LogP contribution < -0.4 is 21.5 Å². The van der Waals surface area contributed by atoms with Gasteiger partial charge in [0, 0.05) is 22.9 Å². The Labute approximate surface area is 170 Å². The van der Waals surface area contributed by atoms with E-state index in [9.17, 15) is 9.59 Å². The van der Waals surface area contributed by atoms with E-state index in [1.807, 2.05) is 18.2 Å². The van der Waals surface area contributed by atoms with Gasteiger partial charge in [0.2, 0.25) is 0 Å². The van der Waals surface area contributed by atoms with Crippen LogP contribution in [-0.4, -0.2) is 23.0 Å². The minimum Gasteiger partial charge on any atom is -0.359 e. The van der Waals surface area contributed by atoms with E-state index in [0.717, 1.165) is 12.8 Å². The Kier molecular flexibility index (Phi) is 6.97. The van der Waals surface area contributed by atoms with Crippen molar-refractivity contribution in [2.24, 2.45) is 0 Å². The minimum atomic E-state index is -0.297. The average Bonchev–Trinajstić information content (AvgIpc) is 2.74. The third-order valence-corrected chi connectivity index (χ3v) is 4.89. The third-order valence-electron chi connectivity index (χ3n) is 4.67. The highest BCUT2D eigenvalue weighted by atomic mass is 32.1. The molecule has 28 heavy (non-hydrogen) atoms. The maximum Gasteiger partial charge on any atom is 0.269 e. The fourth-order valence-electron chi connectivity index (χ4n) is 3.15. The molecule has 0 atom stereocenters. The minimum absolute atomic E-state index is 0.196. The summed E-state index contributed by atoms with van der Waals surface area (Å²) in [6.45, 7) is 0. The number of hydrazine groups is 1. The molecule has 0 heterocycles. The summed E-state index contributed by atoms with van der Waals surface area (Å²) in [5.41, 5.74) is 7.00. The first kappa shape index (κ1) is 19.8. The summed E-state index contributed by atoms with van der Waals surface area (Å²) in [5, 5.41) is 6.46. The summed E-state index contributed by atoms with van der Waals surface area (Å²) >= 11 is 5.23. The number of amides is 2. The maximum atomic E-state index is 12.2. The molecule has 0 bridgehead atoms. The van der Waals surface area contributed by atoms with Gasteiger partial charge in [0.25, 0.3) is 11.8 Å². The molecule has 6 nitrogen and oxygen atoms in total. The Morgan fingerprint density at radius 3 is 2.11 bits per heavy atom.